The van der Waals surface area contributed by atoms with E-state index in [1.165, 1.54) is 11.3 Å². The molecule has 0 radical (unpaired) electrons. The number of carbonyl (C=O) groups excluding carboxylic acids is 2. The molecule has 2 atom stereocenters. The molecule has 25 heavy (non-hydrogen) atoms. The largest absolute Gasteiger partial charge is 0.330 e. The maximum atomic E-state index is 12.5. The molecule has 1 heterocycles. The summed E-state index contributed by atoms with van der Waals surface area (Å²) in [5.74, 6) is 0.316. The first kappa shape index (κ1) is 17.8. The number of anilines is 2. The molecule has 0 saturated heterocycles. The maximum absolute atomic E-state index is 12.5. The van der Waals surface area contributed by atoms with E-state index in [9.17, 15) is 9.59 Å². The van der Waals surface area contributed by atoms with Crippen molar-refractivity contribution in [2.45, 2.75) is 39.0 Å². The molecule has 2 amide bonds. The number of hydrogen-bond donors (Lipinski definition) is 3. The minimum Gasteiger partial charge on any atom is -0.330 e. The lowest BCUT2D eigenvalue weighted by Gasteiger charge is -2.17. The molecule has 7 heteroatoms. The van der Waals surface area contributed by atoms with Gasteiger partial charge in [-0.05, 0) is 49.9 Å². The van der Waals surface area contributed by atoms with Crippen molar-refractivity contribution in [1.82, 2.24) is 4.98 Å². The van der Waals surface area contributed by atoms with Gasteiger partial charge in [0.1, 0.15) is 0 Å². The van der Waals surface area contributed by atoms with Crippen LogP contribution in [0.4, 0.5) is 10.8 Å². The molecular formula is C18H24N4O2S. The summed E-state index contributed by atoms with van der Waals surface area (Å²) in [4.78, 5) is 28.6. The third-order valence-electron chi connectivity index (χ3n) is 4.68. The second-order valence-electron chi connectivity index (χ2n) is 6.52. The van der Waals surface area contributed by atoms with E-state index < -0.39 is 0 Å². The first-order valence-electron chi connectivity index (χ1n) is 8.82. The minimum atomic E-state index is -0.0239. The SMILES string of the molecule is CCCC(=O)Nc1nc2ccc(NC(=O)[C@@H]3CCC[C@@H]3CN)cc2s1. The average Bonchev–Trinajstić information content (AvgIpc) is 3.20. The Balaban J connectivity index is 1.70. The van der Waals surface area contributed by atoms with Crippen molar-refractivity contribution in [3.05, 3.63) is 18.2 Å². The number of carbonyl (C=O) groups is 2. The third kappa shape index (κ3) is 4.16. The summed E-state index contributed by atoms with van der Waals surface area (Å²) in [6.07, 6.45) is 4.29. The van der Waals surface area contributed by atoms with Crippen LogP contribution in [0, 0.1) is 11.8 Å². The fraction of sp³-hybridized carbons (Fsp3) is 0.500. The number of thiazole rings is 1. The van der Waals surface area contributed by atoms with Crippen LogP contribution in [0.15, 0.2) is 18.2 Å². The molecule has 1 aromatic heterocycles. The lowest BCUT2D eigenvalue weighted by molar-refractivity contribution is -0.120. The molecule has 4 N–H and O–H groups in total. The van der Waals surface area contributed by atoms with Crippen LogP contribution in [0.1, 0.15) is 39.0 Å². The van der Waals surface area contributed by atoms with Gasteiger partial charge in [0.25, 0.3) is 0 Å². The Labute approximate surface area is 151 Å². The van der Waals surface area contributed by atoms with Crippen LogP contribution >= 0.6 is 11.3 Å². The number of hydrogen-bond acceptors (Lipinski definition) is 5. The lowest BCUT2D eigenvalue weighted by Crippen LogP contribution is -2.29. The number of amides is 2. The van der Waals surface area contributed by atoms with Crippen molar-refractivity contribution in [1.29, 1.82) is 0 Å². The summed E-state index contributed by atoms with van der Waals surface area (Å²) in [5, 5.41) is 6.42. The molecule has 0 bridgehead atoms. The second kappa shape index (κ2) is 7.93. The quantitative estimate of drug-likeness (QED) is 0.736. The molecule has 1 saturated carbocycles. The van der Waals surface area contributed by atoms with E-state index in [4.69, 9.17) is 5.73 Å². The highest BCUT2D eigenvalue weighted by molar-refractivity contribution is 7.22. The predicted molar refractivity (Wildman–Crippen MR) is 102 cm³/mol. The molecule has 0 spiro atoms. The van der Waals surface area contributed by atoms with Crippen LogP contribution in [-0.4, -0.2) is 23.3 Å². The molecule has 1 aromatic carbocycles. The molecule has 1 fully saturated rings. The van der Waals surface area contributed by atoms with Gasteiger partial charge in [0.15, 0.2) is 5.13 Å². The van der Waals surface area contributed by atoms with E-state index in [1.54, 1.807) is 0 Å². The average molecular weight is 360 g/mol. The van der Waals surface area contributed by atoms with Crippen molar-refractivity contribution in [3.8, 4) is 0 Å². The number of rotatable bonds is 6. The number of nitrogens with one attached hydrogen (secondary N) is 2. The topological polar surface area (TPSA) is 97.1 Å². The van der Waals surface area contributed by atoms with Crippen LogP contribution in [0.2, 0.25) is 0 Å². The normalized spacial score (nSPS) is 19.9. The Morgan fingerprint density at radius 3 is 2.92 bits per heavy atom. The lowest BCUT2D eigenvalue weighted by atomic mass is 9.95. The third-order valence-corrected chi connectivity index (χ3v) is 5.61. The van der Waals surface area contributed by atoms with Gasteiger partial charge in [-0.25, -0.2) is 4.98 Å². The molecular weight excluding hydrogens is 336 g/mol. The van der Waals surface area contributed by atoms with Gasteiger partial charge in [-0.2, -0.15) is 0 Å². The van der Waals surface area contributed by atoms with Crippen molar-refractivity contribution < 1.29 is 9.59 Å². The molecule has 0 aliphatic heterocycles. The standard InChI is InChI=1S/C18H24N4O2S/c1-2-4-16(23)22-18-21-14-8-7-12(9-15(14)25-18)20-17(24)13-6-3-5-11(13)10-19/h7-9,11,13H,2-6,10,19H2,1H3,(H,20,24)(H,21,22,23)/t11-,13-/m1/s1. The van der Waals surface area contributed by atoms with Crippen molar-refractivity contribution >= 4 is 44.2 Å². The number of benzene rings is 1. The monoisotopic (exact) mass is 360 g/mol. The Morgan fingerprint density at radius 2 is 2.16 bits per heavy atom. The van der Waals surface area contributed by atoms with Gasteiger partial charge in [-0.1, -0.05) is 24.7 Å². The molecule has 6 nitrogen and oxygen atoms in total. The van der Waals surface area contributed by atoms with E-state index in [2.05, 4.69) is 15.6 Å². The summed E-state index contributed by atoms with van der Waals surface area (Å²) in [7, 11) is 0. The molecule has 2 aromatic rings. The Kier molecular flexibility index (Phi) is 5.65. The highest BCUT2D eigenvalue weighted by Crippen LogP contribution is 2.33. The fourth-order valence-corrected chi connectivity index (χ4v) is 4.29. The molecule has 1 aliphatic rings. The summed E-state index contributed by atoms with van der Waals surface area (Å²) < 4.78 is 0.936. The second-order valence-corrected chi connectivity index (χ2v) is 7.55. The van der Waals surface area contributed by atoms with Crippen LogP contribution < -0.4 is 16.4 Å². The molecule has 3 rings (SSSR count). The Morgan fingerprint density at radius 1 is 1.32 bits per heavy atom. The van der Waals surface area contributed by atoms with Gasteiger partial charge in [-0.15, -0.1) is 0 Å². The van der Waals surface area contributed by atoms with Crippen LogP contribution in [0.3, 0.4) is 0 Å². The van der Waals surface area contributed by atoms with Gasteiger partial charge in [0.2, 0.25) is 11.8 Å². The van der Waals surface area contributed by atoms with Crippen molar-refractivity contribution in [2.75, 3.05) is 17.2 Å². The first-order valence-corrected chi connectivity index (χ1v) is 9.63. The number of nitrogens with zero attached hydrogens (tertiary/aromatic N) is 1. The highest BCUT2D eigenvalue weighted by Gasteiger charge is 2.31. The van der Waals surface area contributed by atoms with Crippen LogP contribution in [0.25, 0.3) is 10.2 Å². The molecule has 134 valence electrons. The Bertz CT molecular complexity index is 774. The predicted octanol–water partition coefficient (Wildman–Crippen LogP) is 3.35. The fourth-order valence-electron chi connectivity index (χ4n) is 3.36. The number of fused-ring (bicyclic) bond motifs is 1. The highest BCUT2D eigenvalue weighted by atomic mass is 32.1. The van der Waals surface area contributed by atoms with Crippen LogP contribution in [-0.2, 0) is 9.59 Å². The van der Waals surface area contributed by atoms with E-state index in [1.807, 2.05) is 25.1 Å². The molecule has 1 aliphatic carbocycles. The minimum absolute atomic E-state index is 0.00560. The summed E-state index contributed by atoms with van der Waals surface area (Å²) >= 11 is 1.42. The zero-order chi connectivity index (χ0) is 17.8. The van der Waals surface area contributed by atoms with Gasteiger partial charge >= 0.3 is 0 Å². The van der Waals surface area contributed by atoms with E-state index in [0.29, 0.717) is 18.1 Å². The van der Waals surface area contributed by atoms with E-state index in [0.717, 1.165) is 41.6 Å². The van der Waals surface area contributed by atoms with Gasteiger partial charge in [0, 0.05) is 18.0 Å². The van der Waals surface area contributed by atoms with Crippen molar-refractivity contribution in [2.24, 2.45) is 17.6 Å². The number of nitrogens with two attached hydrogens (primary N) is 1. The first-order chi connectivity index (χ1) is 12.1. The van der Waals surface area contributed by atoms with Crippen LogP contribution in [0.5, 0.6) is 0 Å². The van der Waals surface area contributed by atoms with Crippen molar-refractivity contribution in [3.63, 3.8) is 0 Å². The summed E-state index contributed by atoms with van der Waals surface area (Å²) in [5.41, 5.74) is 7.35. The van der Waals surface area contributed by atoms with E-state index >= 15 is 0 Å². The zero-order valence-electron chi connectivity index (χ0n) is 14.4. The number of aromatic nitrogens is 1. The summed E-state index contributed by atoms with van der Waals surface area (Å²) in [6, 6.07) is 5.63. The van der Waals surface area contributed by atoms with Gasteiger partial charge in [0.05, 0.1) is 10.2 Å². The smallest absolute Gasteiger partial charge is 0.227 e. The summed E-state index contributed by atoms with van der Waals surface area (Å²) in [6.45, 7) is 2.53. The molecule has 0 unspecified atom stereocenters. The maximum Gasteiger partial charge on any atom is 0.227 e. The van der Waals surface area contributed by atoms with Gasteiger partial charge in [-0.3, -0.25) is 9.59 Å². The van der Waals surface area contributed by atoms with Gasteiger partial charge < -0.3 is 16.4 Å². The van der Waals surface area contributed by atoms with E-state index in [-0.39, 0.29) is 23.7 Å². The zero-order valence-corrected chi connectivity index (χ0v) is 15.2. The Hall–Kier alpha value is -1.99.